The van der Waals surface area contributed by atoms with Crippen LogP contribution in [0.3, 0.4) is 0 Å². The van der Waals surface area contributed by atoms with Crippen LogP contribution in [-0.2, 0) is 10.0 Å². The van der Waals surface area contributed by atoms with Crippen molar-refractivity contribution in [1.82, 2.24) is 14.9 Å². The molecule has 1 N–H and O–H groups in total. The van der Waals surface area contributed by atoms with Crippen LogP contribution in [0.2, 0.25) is 0 Å². The van der Waals surface area contributed by atoms with E-state index in [2.05, 4.69) is 35.6 Å². The Hall–Kier alpha value is -2.03. The first kappa shape index (κ1) is 20.7. The van der Waals surface area contributed by atoms with Crippen molar-refractivity contribution < 1.29 is 12.9 Å². The van der Waals surface area contributed by atoms with Crippen molar-refractivity contribution >= 4 is 21.4 Å². The van der Waals surface area contributed by atoms with Crippen LogP contribution in [0, 0.1) is 19.3 Å². The van der Waals surface area contributed by atoms with Crippen molar-refractivity contribution in [3.8, 4) is 10.4 Å². The largest absolute Gasteiger partial charge is 0.361 e. The molecule has 0 amide bonds. The monoisotopic (exact) mass is 419 g/mol. The zero-order valence-electron chi connectivity index (χ0n) is 16.7. The summed E-state index contributed by atoms with van der Waals surface area (Å²) in [5, 5.41) is 3.95. The lowest BCUT2D eigenvalue weighted by molar-refractivity contribution is 0.330. The predicted molar refractivity (Wildman–Crippen MR) is 111 cm³/mol. The molecule has 28 heavy (non-hydrogen) atoms. The maximum atomic E-state index is 13.1. The number of nitrogens with zero attached hydrogens (tertiary/aromatic N) is 2. The van der Waals surface area contributed by atoms with E-state index in [1.54, 1.807) is 24.5 Å². The Morgan fingerprint density at radius 3 is 2.54 bits per heavy atom. The summed E-state index contributed by atoms with van der Waals surface area (Å²) < 4.78 is 34.5. The molecule has 0 fully saturated rings. The minimum absolute atomic E-state index is 0.0552. The van der Waals surface area contributed by atoms with Gasteiger partial charge in [-0.15, -0.1) is 11.3 Å². The van der Waals surface area contributed by atoms with Gasteiger partial charge in [-0.3, -0.25) is 4.98 Å². The molecule has 0 aromatic carbocycles. The van der Waals surface area contributed by atoms with Gasteiger partial charge in [0.05, 0.1) is 11.3 Å². The fraction of sp³-hybridized carbons (Fsp3) is 0.400. The molecular formula is C20H25N3O3S2. The Balaban J connectivity index is 1.91. The quantitative estimate of drug-likeness (QED) is 0.616. The lowest BCUT2D eigenvalue weighted by Crippen LogP contribution is -2.31. The summed E-state index contributed by atoms with van der Waals surface area (Å²) in [5.74, 6) is 0.678. The minimum Gasteiger partial charge on any atom is -0.361 e. The molecule has 0 radical (unpaired) electrons. The normalized spacial score (nSPS) is 13.6. The highest BCUT2D eigenvalue weighted by atomic mass is 32.2. The second kappa shape index (κ2) is 7.77. The first-order chi connectivity index (χ1) is 13.1. The highest BCUT2D eigenvalue weighted by molar-refractivity contribution is 7.91. The van der Waals surface area contributed by atoms with E-state index in [-0.39, 0.29) is 15.7 Å². The molecule has 1 atom stereocenters. The van der Waals surface area contributed by atoms with E-state index >= 15 is 0 Å². The Kier molecular flexibility index (Phi) is 5.74. The minimum atomic E-state index is -3.69. The third-order valence-electron chi connectivity index (χ3n) is 4.33. The van der Waals surface area contributed by atoms with Crippen LogP contribution < -0.4 is 4.72 Å². The molecule has 0 aliphatic heterocycles. The number of hydrogen-bond donors (Lipinski definition) is 1. The molecule has 3 rings (SSSR count). The van der Waals surface area contributed by atoms with Crippen LogP contribution in [-0.4, -0.2) is 18.6 Å². The van der Waals surface area contributed by atoms with E-state index in [0.29, 0.717) is 12.2 Å². The molecule has 6 nitrogen and oxygen atoms in total. The summed E-state index contributed by atoms with van der Waals surface area (Å²) in [6, 6.07) is 6.79. The van der Waals surface area contributed by atoms with Crippen LogP contribution in [0.25, 0.3) is 10.4 Å². The van der Waals surface area contributed by atoms with Gasteiger partial charge in [0, 0.05) is 23.3 Å². The van der Waals surface area contributed by atoms with Gasteiger partial charge in [-0.1, -0.05) is 32.0 Å². The summed E-state index contributed by atoms with van der Waals surface area (Å²) in [4.78, 5) is 4.97. The van der Waals surface area contributed by atoms with E-state index in [9.17, 15) is 8.42 Å². The molecule has 8 heteroatoms. The average molecular weight is 420 g/mol. The summed E-state index contributed by atoms with van der Waals surface area (Å²) in [5.41, 5.74) is 2.39. The Morgan fingerprint density at radius 2 is 1.96 bits per heavy atom. The summed E-state index contributed by atoms with van der Waals surface area (Å²) in [6.45, 7) is 9.94. The second-order valence-electron chi connectivity index (χ2n) is 8.04. The smallest absolute Gasteiger partial charge is 0.250 e. The van der Waals surface area contributed by atoms with Gasteiger partial charge in [0.1, 0.15) is 9.97 Å². The van der Waals surface area contributed by atoms with Crippen molar-refractivity contribution in [3.63, 3.8) is 0 Å². The van der Waals surface area contributed by atoms with Gasteiger partial charge >= 0.3 is 0 Å². The first-order valence-corrected chi connectivity index (χ1v) is 11.3. The highest BCUT2D eigenvalue weighted by Crippen LogP contribution is 2.36. The van der Waals surface area contributed by atoms with Gasteiger partial charge in [-0.2, -0.15) is 0 Å². The van der Waals surface area contributed by atoms with Crippen molar-refractivity contribution in [2.45, 2.75) is 51.3 Å². The third-order valence-corrected chi connectivity index (χ3v) is 7.39. The lowest BCUT2D eigenvalue weighted by Gasteiger charge is -2.26. The fourth-order valence-electron chi connectivity index (χ4n) is 3.10. The molecule has 0 saturated heterocycles. The molecule has 0 spiro atoms. The van der Waals surface area contributed by atoms with E-state index in [1.807, 2.05) is 26.0 Å². The highest BCUT2D eigenvalue weighted by Gasteiger charge is 2.27. The van der Waals surface area contributed by atoms with Gasteiger partial charge in [0.2, 0.25) is 0 Å². The first-order valence-electron chi connectivity index (χ1n) is 9.02. The number of hydrogen-bond acceptors (Lipinski definition) is 6. The van der Waals surface area contributed by atoms with Crippen molar-refractivity contribution in [1.29, 1.82) is 0 Å². The maximum absolute atomic E-state index is 13.1. The summed E-state index contributed by atoms with van der Waals surface area (Å²) >= 11 is 1.21. The number of nitrogens with one attached hydrogen (secondary N) is 1. The number of pyridine rings is 1. The van der Waals surface area contributed by atoms with Crippen LogP contribution in [0.1, 0.15) is 50.3 Å². The topological polar surface area (TPSA) is 85.1 Å². The standard InChI is InChI=1S/C20H25N3O3S2/c1-13-19(14(2)26-22-13)17-8-9-18(27-17)28(24,25)23-16(11-20(3,4)5)15-7-6-10-21-12-15/h6-10,12,16,23H,11H2,1-5H3. The van der Waals surface area contributed by atoms with Crippen molar-refractivity contribution in [2.24, 2.45) is 5.41 Å². The fourth-order valence-corrected chi connectivity index (χ4v) is 5.79. The summed E-state index contributed by atoms with van der Waals surface area (Å²) in [6.07, 6.45) is 4.05. The van der Waals surface area contributed by atoms with Crippen LogP contribution >= 0.6 is 11.3 Å². The van der Waals surface area contributed by atoms with Crippen LogP contribution in [0.5, 0.6) is 0 Å². The Bertz CT molecular complexity index is 1030. The van der Waals surface area contributed by atoms with Gasteiger partial charge in [-0.05, 0) is 49.4 Å². The number of rotatable bonds is 6. The number of aromatic nitrogens is 2. The predicted octanol–water partition coefficient (Wildman–Crippen LogP) is 4.87. The Morgan fingerprint density at radius 1 is 1.21 bits per heavy atom. The van der Waals surface area contributed by atoms with E-state index in [0.717, 1.165) is 21.7 Å². The molecule has 3 aromatic rings. The number of aryl methyl sites for hydroxylation is 2. The number of sulfonamides is 1. The molecule has 0 saturated carbocycles. The molecule has 3 aromatic heterocycles. The van der Waals surface area contributed by atoms with Crippen molar-refractivity contribution in [3.05, 3.63) is 53.7 Å². The number of thiophene rings is 1. The zero-order chi connectivity index (χ0) is 20.5. The van der Waals surface area contributed by atoms with Gasteiger partial charge in [0.25, 0.3) is 10.0 Å². The summed E-state index contributed by atoms with van der Waals surface area (Å²) in [7, 11) is -3.69. The molecule has 3 heterocycles. The molecule has 150 valence electrons. The molecule has 0 aliphatic carbocycles. The second-order valence-corrected chi connectivity index (χ2v) is 11.1. The maximum Gasteiger partial charge on any atom is 0.250 e. The van der Waals surface area contributed by atoms with E-state index in [4.69, 9.17) is 4.52 Å². The molecular weight excluding hydrogens is 394 g/mol. The molecule has 0 aliphatic rings. The molecule has 0 bridgehead atoms. The Labute approximate surface area is 170 Å². The molecule has 1 unspecified atom stereocenters. The van der Waals surface area contributed by atoms with Gasteiger partial charge in [0.15, 0.2) is 0 Å². The van der Waals surface area contributed by atoms with Crippen LogP contribution in [0.15, 0.2) is 45.4 Å². The van der Waals surface area contributed by atoms with E-state index < -0.39 is 10.0 Å². The van der Waals surface area contributed by atoms with Crippen molar-refractivity contribution in [2.75, 3.05) is 0 Å². The van der Waals surface area contributed by atoms with Gasteiger partial charge < -0.3 is 4.52 Å². The van der Waals surface area contributed by atoms with Gasteiger partial charge in [-0.25, -0.2) is 13.1 Å². The lowest BCUT2D eigenvalue weighted by atomic mass is 9.86. The van der Waals surface area contributed by atoms with E-state index in [1.165, 1.54) is 11.3 Å². The zero-order valence-corrected chi connectivity index (χ0v) is 18.3. The SMILES string of the molecule is Cc1noc(C)c1-c1ccc(S(=O)(=O)NC(CC(C)(C)C)c2cccnc2)s1. The third kappa shape index (κ3) is 4.68. The van der Waals surface area contributed by atoms with Crippen LogP contribution in [0.4, 0.5) is 0 Å². The average Bonchev–Trinajstić information content (AvgIpc) is 3.21.